The zero-order valence-corrected chi connectivity index (χ0v) is 18.9. The fraction of sp³-hybridized carbons (Fsp3) is 0.450. The fourth-order valence-electron chi connectivity index (χ4n) is 2.72. The second-order valence-electron chi connectivity index (χ2n) is 7.24. The van der Waals surface area contributed by atoms with Crippen LogP contribution in [0.1, 0.15) is 18.4 Å². The van der Waals surface area contributed by atoms with Gasteiger partial charge in [0.1, 0.15) is 12.1 Å². The van der Waals surface area contributed by atoms with E-state index in [1.54, 1.807) is 30.3 Å². The number of aliphatic carboxylic acids is 1. The Balaban J connectivity index is 2.79. The van der Waals surface area contributed by atoms with E-state index in [1.165, 1.54) is 0 Å². The van der Waals surface area contributed by atoms with Crippen molar-refractivity contribution in [3.8, 4) is 0 Å². The Labute approximate surface area is 201 Å². The van der Waals surface area contributed by atoms with Gasteiger partial charge in [0.2, 0.25) is 5.91 Å². The molecule has 15 heteroatoms. The summed E-state index contributed by atoms with van der Waals surface area (Å²) in [4.78, 5) is 60.1. The molecule has 0 aliphatic heterocycles. The predicted octanol–water partition coefficient (Wildman–Crippen LogP) is -3.41. The van der Waals surface area contributed by atoms with Crippen molar-refractivity contribution in [2.75, 3.05) is 26.3 Å². The number of carboxylic acid groups (broad SMARTS) is 1. The molecule has 10 N–H and O–H groups in total. The number of carbonyl (C=O) groups excluding carboxylic acids is 4. The van der Waals surface area contributed by atoms with E-state index in [-0.39, 0.29) is 13.0 Å². The molecule has 0 fully saturated rings. The van der Waals surface area contributed by atoms with Gasteiger partial charge in [0.05, 0.1) is 32.7 Å². The summed E-state index contributed by atoms with van der Waals surface area (Å²) in [5.74, 6) is 1.77. The normalized spacial score (nSPS) is 12.1. The minimum absolute atomic E-state index is 0.0309. The molecular weight excluding hydrogens is 466 g/mol. The Morgan fingerprint density at radius 3 is 2.17 bits per heavy atom. The van der Waals surface area contributed by atoms with Crippen molar-refractivity contribution in [1.29, 1.82) is 0 Å². The number of hydrazine groups is 2. The van der Waals surface area contributed by atoms with E-state index in [1.807, 2.05) is 0 Å². The Bertz CT molecular complexity index is 870. The first-order chi connectivity index (χ1) is 16.6. The molecule has 0 saturated carbocycles. The number of rotatable bonds is 13. The third-order valence-corrected chi connectivity index (χ3v) is 4.57. The molecule has 0 aliphatic carbocycles. The van der Waals surface area contributed by atoms with Gasteiger partial charge in [-0.05, 0) is 12.0 Å². The first kappa shape index (κ1) is 29.2. The summed E-state index contributed by atoms with van der Waals surface area (Å²) < 4.78 is 0. The van der Waals surface area contributed by atoms with Crippen LogP contribution in [0.5, 0.6) is 0 Å². The van der Waals surface area contributed by atoms with Crippen LogP contribution in [0.25, 0.3) is 0 Å². The molecule has 194 valence electrons. The lowest BCUT2D eigenvalue weighted by Crippen LogP contribution is -2.60. The number of nitrogens with two attached hydrogens (primary N) is 2. The van der Waals surface area contributed by atoms with Gasteiger partial charge in [-0.3, -0.25) is 34.6 Å². The number of carbonyl (C=O) groups is 5. The van der Waals surface area contributed by atoms with Gasteiger partial charge in [-0.15, -0.1) is 0 Å². The molecule has 2 atom stereocenters. The average Bonchev–Trinajstić information content (AvgIpc) is 2.84. The summed E-state index contributed by atoms with van der Waals surface area (Å²) in [5.41, 5.74) is 8.07. The highest BCUT2D eigenvalue weighted by molar-refractivity contribution is 5.92. The second kappa shape index (κ2) is 15.2. The average molecular weight is 498 g/mol. The van der Waals surface area contributed by atoms with E-state index in [0.717, 1.165) is 10.6 Å². The molecule has 0 aromatic heterocycles. The number of urea groups is 1. The van der Waals surface area contributed by atoms with E-state index in [9.17, 15) is 34.2 Å². The fourth-order valence-corrected chi connectivity index (χ4v) is 2.72. The maximum Gasteiger partial charge on any atom is 0.332 e. The Hall–Kier alpha value is -3.79. The van der Waals surface area contributed by atoms with Crippen molar-refractivity contribution < 1.29 is 39.3 Å². The van der Waals surface area contributed by atoms with Crippen molar-refractivity contribution in [3.05, 3.63) is 35.9 Å². The molecule has 0 saturated heterocycles. The zero-order valence-electron chi connectivity index (χ0n) is 18.9. The van der Waals surface area contributed by atoms with Crippen molar-refractivity contribution in [3.63, 3.8) is 0 Å². The van der Waals surface area contributed by atoms with Crippen LogP contribution in [0.3, 0.4) is 0 Å². The summed E-state index contributed by atoms with van der Waals surface area (Å²) in [5, 5.41) is 33.6. The zero-order chi connectivity index (χ0) is 26.4. The molecule has 0 aliphatic rings. The van der Waals surface area contributed by atoms with Crippen LogP contribution in [0, 0.1) is 0 Å². The van der Waals surface area contributed by atoms with E-state index in [2.05, 4.69) is 16.1 Å². The van der Waals surface area contributed by atoms with E-state index < -0.39 is 74.5 Å². The molecule has 5 amide bonds. The highest BCUT2D eigenvalue weighted by atomic mass is 16.4. The number of aliphatic hydroxyl groups excluding tert-OH is 2. The molecule has 1 aromatic carbocycles. The number of benzene rings is 1. The van der Waals surface area contributed by atoms with Crippen LogP contribution in [0.2, 0.25) is 0 Å². The molecule has 0 heterocycles. The largest absolute Gasteiger partial charge is 0.481 e. The predicted molar refractivity (Wildman–Crippen MR) is 120 cm³/mol. The van der Waals surface area contributed by atoms with Crippen molar-refractivity contribution in [1.82, 2.24) is 26.1 Å². The quantitative estimate of drug-likeness (QED) is 0.0762. The van der Waals surface area contributed by atoms with E-state index in [4.69, 9.17) is 16.7 Å². The third-order valence-electron chi connectivity index (χ3n) is 4.57. The van der Waals surface area contributed by atoms with Gasteiger partial charge in [0.25, 0.3) is 11.8 Å². The number of aliphatic hydroxyl groups is 2. The minimum Gasteiger partial charge on any atom is -0.481 e. The molecule has 35 heavy (non-hydrogen) atoms. The first-order valence-corrected chi connectivity index (χ1v) is 10.5. The lowest BCUT2D eigenvalue weighted by atomic mass is 10.1. The van der Waals surface area contributed by atoms with Gasteiger partial charge in [-0.1, -0.05) is 30.3 Å². The number of hydrogen-bond donors (Lipinski definition) is 8. The van der Waals surface area contributed by atoms with Gasteiger partial charge in [0.15, 0.2) is 0 Å². The Morgan fingerprint density at radius 1 is 0.971 bits per heavy atom. The number of hydrogen-bond acceptors (Lipinski definition) is 9. The van der Waals surface area contributed by atoms with Crippen molar-refractivity contribution >= 4 is 29.7 Å². The van der Waals surface area contributed by atoms with Crippen molar-refractivity contribution in [2.24, 2.45) is 11.6 Å². The lowest BCUT2D eigenvalue weighted by molar-refractivity contribution is -0.145. The van der Waals surface area contributed by atoms with Gasteiger partial charge in [-0.25, -0.2) is 10.6 Å². The summed E-state index contributed by atoms with van der Waals surface area (Å²) in [6, 6.07) is 5.06. The SMILES string of the molecule is NCC(=O)N(CCC(=O)O)NC(=O)[C@H](CO)NC(=O)[C@H](CCO)NC(=O)N(N)Cc1ccccc1. The lowest BCUT2D eigenvalue weighted by Gasteiger charge is -2.27. The molecule has 1 aromatic rings. The third kappa shape index (κ3) is 10.3. The van der Waals surface area contributed by atoms with Crippen LogP contribution in [-0.2, 0) is 25.7 Å². The summed E-state index contributed by atoms with van der Waals surface area (Å²) in [6.45, 7) is -2.29. The second-order valence-corrected chi connectivity index (χ2v) is 7.24. The molecule has 0 bridgehead atoms. The van der Waals surface area contributed by atoms with Crippen LogP contribution in [0.15, 0.2) is 30.3 Å². The Morgan fingerprint density at radius 2 is 1.63 bits per heavy atom. The van der Waals surface area contributed by atoms with Gasteiger partial charge in [0, 0.05) is 6.61 Å². The summed E-state index contributed by atoms with van der Waals surface area (Å²) in [6.07, 6.45) is -0.724. The standard InChI is InChI=1S/C20H31N7O8/c21-10-16(30)27(8-6-17(31)32)25-19(34)15(12-29)23-18(33)14(7-9-28)24-20(35)26(22)11-13-4-2-1-3-5-13/h1-5,14-15,28-29H,6-12,21-22H2,(H,23,33)(H,24,35)(H,25,34)(H,31,32)/t14-,15-/m0/s1. The van der Waals surface area contributed by atoms with Gasteiger partial charge < -0.3 is 31.7 Å². The van der Waals surface area contributed by atoms with E-state index >= 15 is 0 Å². The van der Waals surface area contributed by atoms with Crippen LogP contribution in [0.4, 0.5) is 4.79 Å². The maximum absolute atomic E-state index is 12.6. The molecule has 1 rings (SSSR count). The van der Waals surface area contributed by atoms with Gasteiger partial charge >= 0.3 is 12.0 Å². The summed E-state index contributed by atoms with van der Waals surface area (Å²) >= 11 is 0. The summed E-state index contributed by atoms with van der Waals surface area (Å²) in [7, 11) is 0. The Kier molecular flexibility index (Phi) is 12.7. The number of nitrogens with zero attached hydrogens (tertiary/aromatic N) is 2. The highest BCUT2D eigenvalue weighted by Crippen LogP contribution is 2.03. The topological polar surface area (TPSA) is 241 Å². The minimum atomic E-state index is -1.57. The first-order valence-electron chi connectivity index (χ1n) is 10.5. The smallest absolute Gasteiger partial charge is 0.332 e. The monoisotopic (exact) mass is 497 g/mol. The molecule has 0 spiro atoms. The molecule has 0 radical (unpaired) electrons. The number of amides is 5. The van der Waals surface area contributed by atoms with Crippen LogP contribution in [-0.4, -0.2) is 93.4 Å². The molecule has 0 unspecified atom stereocenters. The highest BCUT2D eigenvalue weighted by Gasteiger charge is 2.28. The van der Waals surface area contributed by atoms with Gasteiger partial charge in [-0.2, -0.15) is 0 Å². The van der Waals surface area contributed by atoms with Crippen molar-refractivity contribution in [2.45, 2.75) is 31.5 Å². The van der Waals surface area contributed by atoms with Crippen LogP contribution < -0.4 is 27.6 Å². The van der Waals surface area contributed by atoms with Crippen LogP contribution >= 0.6 is 0 Å². The molecule has 15 nitrogen and oxygen atoms in total. The number of nitrogens with one attached hydrogen (secondary N) is 3. The maximum atomic E-state index is 12.6. The molecular formula is C20H31N7O8. The van der Waals surface area contributed by atoms with E-state index in [0.29, 0.717) is 5.01 Å². The number of carboxylic acids is 1.